The van der Waals surface area contributed by atoms with Gasteiger partial charge in [0.1, 0.15) is 12.4 Å². The van der Waals surface area contributed by atoms with Crippen LogP contribution in [-0.4, -0.2) is 16.2 Å². The molecule has 0 aliphatic heterocycles. The molecule has 0 aliphatic carbocycles. The lowest BCUT2D eigenvalue weighted by molar-refractivity contribution is 0.357. The maximum absolute atomic E-state index is 13.3. The Morgan fingerprint density at radius 1 is 1.21 bits per heavy atom. The average molecular weight is 284 g/mol. The Morgan fingerprint density at radius 2 is 2.05 bits per heavy atom. The molecule has 0 spiro atoms. The highest BCUT2D eigenvalue weighted by atomic mass is 32.2. The summed E-state index contributed by atoms with van der Waals surface area (Å²) in [4.78, 5) is 7.99. The van der Waals surface area contributed by atoms with Crippen molar-refractivity contribution >= 4 is 12.0 Å². The molecule has 0 amide bonds. The standard InChI is InChI=1S/C12H10F2N2O2S/c1-19-17-7-9-5-16-12(6-15-9)18-11-3-2-8(13)4-10(11)14/h2-6H,7H2,1H3. The van der Waals surface area contributed by atoms with E-state index in [4.69, 9.17) is 8.92 Å². The maximum Gasteiger partial charge on any atom is 0.237 e. The van der Waals surface area contributed by atoms with Gasteiger partial charge in [-0.1, -0.05) is 0 Å². The molecule has 0 bridgehead atoms. The van der Waals surface area contributed by atoms with Crippen LogP contribution >= 0.6 is 12.0 Å². The lowest BCUT2D eigenvalue weighted by Gasteiger charge is -2.06. The van der Waals surface area contributed by atoms with E-state index in [9.17, 15) is 8.78 Å². The number of benzene rings is 1. The molecule has 0 atom stereocenters. The van der Waals surface area contributed by atoms with Crippen molar-refractivity contribution in [2.45, 2.75) is 6.61 Å². The number of hydrogen-bond acceptors (Lipinski definition) is 5. The van der Waals surface area contributed by atoms with Gasteiger partial charge in [0.2, 0.25) is 5.88 Å². The van der Waals surface area contributed by atoms with E-state index >= 15 is 0 Å². The van der Waals surface area contributed by atoms with Gasteiger partial charge in [0, 0.05) is 12.3 Å². The average Bonchev–Trinajstić information content (AvgIpc) is 2.41. The summed E-state index contributed by atoms with van der Waals surface area (Å²) in [6, 6.07) is 3.03. The normalized spacial score (nSPS) is 10.5. The van der Waals surface area contributed by atoms with E-state index < -0.39 is 11.6 Å². The van der Waals surface area contributed by atoms with Crippen LogP contribution in [0.15, 0.2) is 30.6 Å². The van der Waals surface area contributed by atoms with E-state index in [0.29, 0.717) is 12.3 Å². The van der Waals surface area contributed by atoms with Crippen LogP contribution < -0.4 is 4.74 Å². The van der Waals surface area contributed by atoms with Crippen molar-refractivity contribution in [3.8, 4) is 11.6 Å². The summed E-state index contributed by atoms with van der Waals surface area (Å²) < 4.78 is 36.3. The van der Waals surface area contributed by atoms with Crippen LogP contribution in [0.4, 0.5) is 8.78 Å². The summed E-state index contributed by atoms with van der Waals surface area (Å²) in [5, 5.41) is 0. The summed E-state index contributed by atoms with van der Waals surface area (Å²) in [5.41, 5.74) is 0.626. The Hall–Kier alpha value is -1.73. The minimum Gasteiger partial charge on any atom is -0.434 e. The summed E-state index contributed by atoms with van der Waals surface area (Å²) in [5.74, 6) is -1.45. The van der Waals surface area contributed by atoms with Gasteiger partial charge in [0.25, 0.3) is 0 Å². The molecule has 7 heteroatoms. The van der Waals surface area contributed by atoms with Crippen molar-refractivity contribution < 1.29 is 17.7 Å². The topological polar surface area (TPSA) is 44.2 Å². The number of aromatic nitrogens is 2. The number of hydrogen-bond donors (Lipinski definition) is 0. The van der Waals surface area contributed by atoms with Gasteiger partial charge in [-0.2, -0.15) is 0 Å². The molecule has 4 nitrogen and oxygen atoms in total. The number of ether oxygens (including phenoxy) is 1. The quantitative estimate of drug-likeness (QED) is 0.788. The predicted molar refractivity (Wildman–Crippen MR) is 66.8 cm³/mol. The van der Waals surface area contributed by atoms with Crippen LogP contribution in [0.1, 0.15) is 5.69 Å². The van der Waals surface area contributed by atoms with Gasteiger partial charge in [-0.15, -0.1) is 0 Å². The second kappa shape index (κ2) is 6.44. The van der Waals surface area contributed by atoms with Gasteiger partial charge < -0.3 is 8.92 Å². The van der Waals surface area contributed by atoms with Crippen LogP contribution in [0, 0.1) is 11.6 Å². The fraction of sp³-hybridized carbons (Fsp3) is 0.167. The third-order valence-corrected chi connectivity index (χ3v) is 2.47. The van der Waals surface area contributed by atoms with E-state index in [1.807, 2.05) is 0 Å². The lowest BCUT2D eigenvalue weighted by Crippen LogP contribution is -1.96. The van der Waals surface area contributed by atoms with Crippen LogP contribution in [0.3, 0.4) is 0 Å². The minimum absolute atomic E-state index is 0.108. The zero-order chi connectivity index (χ0) is 13.7. The molecule has 0 saturated heterocycles. The van der Waals surface area contributed by atoms with Gasteiger partial charge >= 0.3 is 0 Å². The van der Waals surface area contributed by atoms with Crippen molar-refractivity contribution in [2.24, 2.45) is 0 Å². The van der Waals surface area contributed by atoms with E-state index in [2.05, 4.69) is 9.97 Å². The Kier molecular flexibility index (Phi) is 4.64. The zero-order valence-electron chi connectivity index (χ0n) is 9.97. The first-order chi connectivity index (χ1) is 9.19. The van der Waals surface area contributed by atoms with Gasteiger partial charge in [-0.3, -0.25) is 4.98 Å². The predicted octanol–water partition coefficient (Wildman–Crippen LogP) is 3.34. The molecule has 0 fully saturated rings. The Morgan fingerprint density at radius 3 is 2.68 bits per heavy atom. The first-order valence-electron chi connectivity index (χ1n) is 5.28. The molecule has 0 N–H and O–H groups in total. The van der Waals surface area contributed by atoms with Crippen LogP contribution in [0.2, 0.25) is 0 Å². The first-order valence-corrected chi connectivity index (χ1v) is 6.43. The highest BCUT2D eigenvalue weighted by Crippen LogP contribution is 2.22. The van der Waals surface area contributed by atoms with Crippen molar-refractivity contribution in [2.75, 3.05) is 6.26 Å². The highest BCUT2D eigenvalue weighted by Gasteiger charge is 2.07. The summed E-state index contributed by atoms with van der Waals surface area (Å²) in [6.07, 6.45) is 4.61. The molecule has 2 aromatic rings. The second-order valence-corrected chi connectivity index (χ2v) is 4.02. The summed E-state index contributed by atoms with van der Waals surface area (Å²) in [7, 11) is 0. The van der Waals surface area contributed by atoms with E-state index in [0.717, 1.165) is 12.1 Å². The van der Waals surface area contributed by atoms with Gasteiger partial charge in [-0.05, 0) is 24.2 Å². The molecule has 1 aromatic carbocycles. The van der Waals surface area contributed by atoms with Crippen molar-refractivity contribution in [3.63, 3.8) is 0 Å². The van der Waals surface area contributed by atoms with Gasteiger partial charge in [0.15, 0.2) is 11.6 Å². The van der Waals surface area contributed by atoms with E-state index in [-0.39, 0.29) is 11.6 Å². The summed E-state index contributed by atoms with van der Waals surface area (Å²) >= 11 is 1.22. The maximum atomic E-state index is 13.3. The molecule has 1 heterocycles. The number of nitrogens with zero attached hydrogens (tertiary/aromatic N) is 2. The van der Waals surface area contributed by atoms with Crippen LogP contribution in [-0.2, 0) is 10.8 Å². The van der Waals surface area contributed by atoms with E-state index in [1.54, 1.807) is 6.26 Å². The lowest BCUT2D eigenvalue weighted by atomic mass is 10.3. The molecule has 1 aromatic heterocycles. The van der Waals surface area contributed by atoms with Crippen molar-refractivity contribution in [1.29, 1.82) is 0 Å². The fourth-order valence-corrected chi connectivity index (χ4v) is 1.50. The minimum atomic E-state index is -0.795. The first kappa shape index (κ1) is 13.7. The number of halogens is 2. The van der Waals surface area contributed by atoms with Crippen molar-refractivity contribution in [3.05, 3.63) is 47.9 Å². The third-order valence-electron chi connectivity index (χ3n) is 2.11. The molecule has 0 aliphatic rings. The molecular weight excluding hydrogens is 274 g/mol. The summed E-state index contributed by atoms with van der Waals surface area (Å²) in [6.45, 7) is 0.319. The van der Waals surface area contributed by atoms with Crippen LogP contribution in [0.25, 0.3) is 0 Å². The molecule has 0 radical (unpaired) electrons. The Bertz CT molecular complexity index is 552. The van der Waals surface area contributed by atoms with Gasteiger partial charge in [0.05, 0.1) is 18.1 Å². The van der Waals surface area contributed by atoms with Crippen LogP contribution in [0.5, 0.6) is 11.6 Å². The largest absolute Gasteiger partial charge is 0.434 e. The SMILES string of the molecule is CSOCc1cnc(Oc2ccc(F)cc2F)cn1. The van der Waals surface area contributed by atoms with E-state index in [1.165, 1.54) is 30.5 Å². The Balaban J connectivity index is 2.06. The molecule has 2 rings (SSSR count). The highest BCUT2D eigenvalue weighted by molar-refractivity contribution is 7.93. The molecule has 19 heavy (non-hydrogen) atoms. The second-order valence-electron chi connectivity index (χ2n) is 3.45. The number of rotatable bonds is 5. The smallest absolute Gasteiger partial charge is 0.237 e. The van der Waals surface area contributed by atoms with Crippen molar-refractivity contribution in [1.82, 2.24) is 9.97 Å². The van der Waals surface area contributed by atoms with Gasteiger partial charge in [-0.25, -0.2) is 13.8 Å². The monoisotopic (exact) mass is 284 g/mol. The fourth-order valence-electron chi connectivity index (χ4n) is 1.26. The molecular formula is C12H10F2N2O2S. The Labute approximate surface area is 113 Å². The third kappa shape index (κ3) is 3.87. The molecule has 100 valence electrons. The molecule has 0 unspecified atom stereocenters. The molecule has 0 saturated carbocycles. The zero-order valence-corrected chi connectivity index (χ0v) is 10.8.